The lowest BCUT2D eigenvalue weighted by Gasteiger charge is -2.20. The van der Waals surface area contributed by atoms with Crippen LogP contribution in [0, 0.1) is 0 Å². The normalized spacial score (nSPS) is 12.9. The highest BCUT2D eigenvalue weighted by Crippen LogP contribution is 2.24. The summed E-state index contributed by atoms with van der Waals surface area (Å²) in [5.41, 5.74) is -0.275. The van der Waals surface area contributed by atoms with Crippen LogP contribution < -0.4 is 10.6 Å². The summed E-state index contributed by atoms with van der Waals surface area (Å²) >= 11 is 1.20. The summed E-state index contributed by atoms with van der Waals surface area (Å²) in [7, 11) is 1.45. The van der Waals surface area contributed by atoms with Gasteiger partial charge in [0.2, 0.25) is 11.1 Å². The first-order valence-corrected chi connectivity index (χ1v) is 6.61. The van der Waals surface area contributed by atoms with E-state index in [1.165, 1.54) is 18.8 Å². The second-order valence-corrected chi connectivity index (χ2v) is 6.18. The van der Waals surface area contributed by atoms with E-state index in [4.69, 9.17) is 0 Å². The highest BCUT2D eigenvalue weighted by atomic mass is 32.2. The number of rotatable bonds is 3. The van der Waals surface area contributed by atoms with Gasteiger partial charge < -0.3 is 5.32 Å². The minimum absolute atomic E-state index is 0.275. The van der Waals surface area contributed by atoms with Crippen LogP contribution in [0.4, 0.5) is 4.79 Å². The summed E-state index contributed by atoms with van der Waals surface area (Å²) < 4.78 is 1.64. The first-order valence-electron chi connectivity index (χ1n) is 5.73. The average Bonchev–Trinajstić information content (AvgIpc) is 2.76. The van der Waals surface area contributed by atoms with Crippen LogP contribution in [0.5, 0.6) is 0 Å². The van der Waals surface area contributed by atoms with Gasteiger partial charge in [-0.3, -0.25) is 10.1 Å². The lowest BCUT2D eigenvalue weighted by atomic mass is 10.1. The fourth-order valence-corrected chi connectivity index (χ4v) is 2.14. The molecule has 3 amide bonds. The quantitative estimate of drug-likeness (QED) is 0.778. The Labute approximate surface area is 115 Å². The number of amides is 3. The van der Waals surface area contributed by atoms with E-state index in [0.717, 1.165) is 0 Å². The van der Waals surface area contributed by atoms with Crippen molar-refractivity contribution in [2.24, 2.45) is 0 Å². The molecule has 0 unspecified atom stereocenters. The van der Waals surface area contributed by atoms with Crippen LogP contribution in [0.1, 0.15) is 27.7 Å². The summed E-state index contributed by atoms with van der Waals surface area (Å²) in [6.45, 7) is 7.57. The molecule has 1 heterocycles. The maximum absolute atomic E-state index is 11.7. The third kappa shape index (κ3) is 4.19. The Morgan fingerprint density at radius 1 is 1.37 bits per heavy atom. The zero-order valence-corrected chi connectivity index (χ0v) is 12.4. The number of nitrogens with zero attached hydrogens (tertiary/aromatic N) is 4. The molecule has 0 saturated heterocycles. The molecule has 106 valence electrons. The maximum atomic E-state index is 11.7. The molecule has 0 aliphatic heterocycles. The predicted octanol–water partition coefficient (Wildman–Crippen LogP) is 0.364. The van der Waals surface area contributed by atoms with Crippen LogP contribution in [0.2, 0.25) is 0 Å². The first-order chi connectivity index (χ1) is 8.75. The molecule has 0 aliphatic rings. The molecule has 1 aromatic rings. The highest BCUT2D eigenvalue weighted by Gasteiger charge is 2.24. The number of aromatic nitrogens is 4. The molecule has 0 aliphatic carbocycles. The van der Waals surface area contributed by atoms with Gasteiger partial charge in [0.25, 0.3) is 0 Å². The average molecular weight is 286 g/mol. The Morgan fingerprint density at radius 2 is 2.00 bits per heavy atom. The minimum Gasteiger partial charge on any atom is -0.341 e. The fraction of sp³-hybridized carbons (Fsp3) is 0.700. The molecule has 1 rings (SSSR count). The van der Waals surface area contributed by atoms with E-state index in [1.807, 2.05) is 20.8 Å². The van der Waals surface area contributed by atoms with Crippen molar-refractivity contribution in [1.82, 2.24) is 30.8 Å². The van der Waals surface area contributed by atoms with Gasteiger partial charge in [-0.1, -0.05) is 11.8 Å². The monoisotopic (exact) mass is 286 g/mol. The van der Waals surface area contributed by atoms with Gasteiger partial charge in [-0.05, 0) is 38.1 Å². The predicted molar refractivity (Wildman–Crippen MR) is 70.7 cm³/mol. The van der Waals surface area contributed by atoms with Crippen molar-refractivity contribution in [2.75, 3.05) is 7.05 Å². The molecule has 0 saturated carbocycles. The Kier molecular flexibility index (Phi) is 4.87. The molecule has 8 nitrogen and oxygen atoms in total. The molecule has 19 heavy (non-hydrogen) atoms. The Hall–Kier alpha value is -1.64. The second-order valence-electron chi connectivity index (χ2n) is 4.87. The molecular weight excluding hydrogens is 268 g/mol. The lowest BCUT2D eigenvalue weighted by Crippen LogP contribution is -2.41. The fourth-order valence-electron chi connectivity index (χ4n) is 1.16. The van der Waals surface area contributed by atoms with Crippen molar-refractivity contribution in [3.63, 3.8) is 0 Å². The largest absolute Gasteiger partial charge is 0.341 e. The zero-order valence-electron chi connectivity index (χ0n) is 11.6. The Morgan fingerprint density at radius 3 is 2.53 bits per heavy atom. The van der Waals surface area contributed by atoms with E-state index in [2.05, 4.69) is 26.2 Å². The van der Waals surface area contributed by atoms with Crippen LogP contribution in [-0.2, 0) is 10.3 Å². The molecule has 9 heteroatoms. The molecule has 0 radical (unpaired) electrons. The first kappa shape index (κ1) is 15.4. The molecule has 1 aromatic heterocycles. The molecule has 0 aromatic carbocycles. The SMILES string of the molecule is CNC(=O)NC(=O)[C@H](C)Sc1nnnn1C(C)(C)C. The van der Waals surface area contributed by atoms with Crippen LogP contribution in [-0.4, -0.2) is 44.4 Å². The number of thioether (sulfide) groups is 1. The third-order valence-corrected chi connectivity index (χ3v) is 3.22. The molecular formula is C10H18N6O2S. The van der Waals surface area contributed by atoms with Gasteiger partial charge in [-0.15, -0.1) is 5.10 Å². The van der Waals surface area contributed by atoms with Crippen molar-refractivity contribution in [1.29, 1.82) is 0 Å². The van der Waals surface area contributed by atoms with Gasteiger partial charge in [0.15, 0.2) is 0 Å². The zero-order chi connectivity index (χ0) is 14.6. The van der Waals surface area contributed by atoms with E-state index >= 15 is 0 Å². The molecule has 2 N–H and O–H groups in total. The van der Waals surface area contributed by atoms with Crippen molar-refractivity contribution in [3.05, 3.63) is 0 Å². The van der Waals surface area contributed by atoms with Gasteiger partial charge in [0, 0.05) is 7.05 Å². The number of tetrazole rings is 1. The van der Waals surface area contributed by atoms with E-state index < -0.39 is 17.2 Å². The molecule has 1 atom stereocenters. The number of carbonyl (C=O) groups excluding carboxylic acids is 2. The number of nitrogens with one attached hydrogen (secondary N) is 2. The van der Waals surface area contributed by atoms with Crippen LogP contribution >= 0.6 is 11.8 Å². The van der Waals surface area contributed by atoms with Crippen molar-refractivity contribution >= 4 is 23.7 Å². The van der Waals surface area contributed by atoms with E-state index in [9.17, 15) is 9.59 Å². The molecule has 0 bridgehead atoms. The third-order valence-electron chi connectivity index (χ3n) is 2.19. The van der Waals surface area contributed by atoms with Gasteiger partial charge in [0.05, 0.1) is 10.8 Å². The highest BCUT2D eigenvalue weighted by molar-refractivity contribution is 8.00. The summed E-state index contributed by atoms with van der Waals surface area (Å²) in [6, 6.07) is -0.534. The van der Waals surface area contributed by atoms with Crippen LogP contribution in [0.25, 0.3) is 0 Å². The number of carbonyl (C=O) groups is 2. The topological polar surface area (TPSA) is 102 Å². The summed E-state index contributed by atoms with van der Waals surface area (Å²) in [6.07, 6.45) is 0. The number of hydrogen-bond acceptors (Lipinski definition) is 6. The minimum atomic E-state index is -0.534. The summed E-state index contributed by atoms with van der Waals surface area (Å²) in [5, 5.41) is 16.0. The number of urea groups is 1. The van der Waals surface area contributed by atoms with E-state index in [1.54, 1.807) is 11.6 Å². The second kappa shape index (κ2) is 6.00. The van der Waals surface area contributed by atoms with Crippen molar-refractivity contribution in [2.45, 2.75) is 43.6 Å². The Balaban J connectivity index is 2.72. The van der Waals surface area contributed by atoms with Gasteiger partial charge in [0.1, 0.15) is 0 Å². The van der Waals surface area contributed by atoms with Gasteiger partial charge in [-0.2, -0.15) is 0 Å². The van der Waals surface area contributed by atoms with Gasteiger partial charge >= 0.3 is 6.03 Å². The van der Waals surface area contributed by atoms with E-state index in [-0.39, 0.29) is 5.54 Å². The smallest absolute Gasteiger partial charge is 0.321 e. The summed E-state index contributed by atoms with van der Waals surface area (Å²) in [5.74, 6) is -0.396. The number of imide groups is 1. The molecule has 0 spiro atoms. The molecule has 0 fully saturated rings. The standard InChI is InChI=1S/C10H18N6O2S/c1-6(7(17)12-8(18)11-5)19-9-13-14-15-16(9)10(2,3)4/h6H,1-5H3,(H2,11,12,17,18)/t6-/m0/s1. The number of hydrogen-bond donors (Lipinski definition) is 2. The van der Waals surface area contributed by atoms with Gasteiger partial charge in [-0.25, -0.2) is 9.48 Å². The van der Waals surface area contributed by atoms with Crippen molar-refractivity contribution < 1.29 is 9.59 Å². The van der Waals surface area contributed by atoms with Crippen LogP contribution in [0.15, 0.2) is 5.16 Å². The lowest BCUT2D eigenvalue weighted by molar-refractivity contribution is -0.119. The summed E-state index contributed by atoms with van der Waals surface area (Å²) in [4.78, 5) is 22.8. The van der Waals surface area contributed by atoms with Crippen molar-refractivity contribution in [3.8, 4) is 0 Å². The Bertz CT molecular complexity index is 467. The van der Waals surface area contributed by atoms with E-state index in [0.29, 0.717) is 5.16 Å². The maximum Gasteiger partial charge on any atom is 0.321 e. The van der Waals surface area contributed by atoms with Crippen LogP contribution in [0.3, 0.4) is 0 Å².